The molecule has 1 aromatic carbocycles. The second-order valence-electron chi connectivity index (χ2n) is 6.83. The number of carbonyl (C=O) groups is 2. The van der Waals surface area contributed by atoms with Gasteiger partial charge in [-0.05, 0) is 31.5 Å². The quantitative estimate of drug-likeness (QED) is 0.835. The molecule has 26 heavy (non-hydrogen) atoms. The number of nitrogens with zero attached hydrogens (tertiary/aromatic N) is 3. The minimum absolute atomic E-state index is 0.0409. The van der Waals surface area contributed by atoms with E-state index in [2.05, 4.69) is 29.0 Å². The molecule has 1 aliphatic heterocycles. The normalized spacial score (nSPS) is 18.5. The third-order valence-electron chi connectivity index (χ3n) is 4.81. The summed E-state index contributed by atoms with van der Waals surface area (Å²) in [6.07, 6.45) is 0.315. The lowest BCUT2D eigenvalue weighted by Crippen LogP contribution is -2.61. The van der Waals surface area contributed by atoms with Crippen molar-refractivity contribution in [2.24, 2.45) is 0 Å². The van der Waals surface area contributed by atoms with E-state index >= 15 is 0 Å². The monoisotopic (exact) mass is 375 g/mol. The Morgan fingerprint density at radius 2 is 2.15 bits per heavy atom. The lowest BCUT2D eigenvalue weighted by molar-refractivity contribution is -0.138. The summed E-state index contributed by atoms with van der Waals surface area (Å²) in [7, 11) is 1.64. The lowest BCUT2D eigenvalue weighted by atomic mass is 10.1. The smallest absolute Gasteiger partial charge is 0.238 e. The molecule has 140 valence electrons. The van der Waals surface area contributed by atoms with Gasteiger partial charge in [0.05, 0.1) is 16.6 Å². The van der Waals surface area contributed by atoms with E-state index < -0.39 is 0 Å². The number of nitrogens with one attached hydrogen (secondary N) is 1. The highest BCUT2D eigenvalue weighted by Crippen LogP contribution is 2.25. The molecular formula is C18H25N5O2S. The number of anilines is 1. The summed E-state index contributed by atoms with van der Waals surface area (Å²) in [6.45, 7) is 5.91. The number of likely N-dealkylation sites (N-methyl/N-ethyl adjacent to an activating group) is 1. The first-order valence-corrected chi connectivity index (χ1v) is 9.60. The van der Waals surface area contributed by atoms with Crippen molar-refractivity contribution in [2.75, 3.05) is 32.4 Å². The fraction of sp³-hybridized carbons (Fsp3) is 0.500. The topological polar surface area (TPSA) is 91.6 Å². The Labute approximate surface area is 157 Å². The van der Waals surface area contributed by atoms with Gasteiger partial charge >= 0.3 is 0 Å². The number of piperazine rings is 1. The van der Waals surface area contributed by atoms with Crippen LogP contribution in [0.5, 0.6) is 0 Å². The van der Waals surface area contributed by atoms with Gasteiger partial charge in [-0.1, -0.05) is 17.4 Å². The van der Waals surface area contributed by atoms with Gasteiger partial charge in [0.25, 0.3) is 0 Å². The van der Waals surface area contributed by atoms with Crippen molar-refractivity contribution >= 4 is 38.5 Å². The van der Waals surface area contributed by atoms with E-state index in [1.165, 1.54) is 11.3 Å². The Hall–Kier alpha value is -2.19. The van der Waals surface area contributed by atoms with E-state index in [0.29, 0.717) is 31.2 Å². The predicted octanol–water partition coefficient (Wildman–Crippen LogP) is 1.09. The van der Waals surface area contributed by atoms with Crippen LogP contribution < -0.4 is 11.1 Å². The Bertz CT molecular complexity index is 819. The second-order valence-corrected chi connectivity index (χ2v) is 7.89. The van der Waals surface area contributed by atoms with Gasteiger partial charge in [-0.2, -0.15) is 0 Å². The van der Waals surface area contributed by atoms with Crippen molar-refractivity contribution in [2.45, 2.75) is 32.4 Å². The lowest BCUT2D eigenvalue weighted by Gasteiger charge is -2.42. The molecule has 1 aromatic heterocycles. The summed E-state index contributed by atoms with van der Waals surface area (Å²) in [5, 5.41) is 3.24. The van der Waals surface area contributed by atoms with Crippen molar-refractivity contribution in [1.82, 2.24) is 20.1 Å². The van der Waals surface area contributed by atoms with Crippen LogP contribution in [-0.2, 0) is 16.0 Å². The number of hydrogen-bond donors (Lipinski definition) is 2. The molecule has 3 rings (SSSR count). The van der Waals surface area contributed by atoms with Gasteiger partial charge in [0.1, 0.15) is 6.04 Å². The fourth-order valence-electron chi connectivity index (χ4n) is 3.42. The molecule has 1 atom stereocenters. The molecule has 0 bridgehead atoms. The minimum Gasteiger partial charge on any atom is -0.375 e. The average Bonchev–Trinajstić information content (AvgIpc) is 2.99. The van der Waals surface area contributed by atoms with Crippen molar-refractivity contribution in [3.8, 4) is 0 Å². The van der Waals surface area contributed by atoms with Crippen LogP contribution in [0.15, 0.2) is 18.2 Å². The second kappa shape index (κ2) is 7.59. The van der Waals surface area contributed by atoms with Crippen LogP contribution in [0.2, 0.25) is 0 Å². The number of thiazole rings is 1. The molecule has 2 amide bonds. The number of carbonyl (C=O) groups excluding carboxylic acids is 2. The van der Waals surface area contributed by atoms with Gasteiger partial charge in [0, 0.05) is 32.7 Å². The summed E-state index contributed by atoms with van der Waals surface area (Å²) in [5.41, 5.74) is 7.54. The Balaban J connectivity index is 1.71. The number of nitrogen functional groups attached to an aromatic ring is 1. The summed E-state index contributed by atoms with van der Waals surface area (Å²) >= 11 is 1.42. The highest BCUT2D eigenvalue weighted by Gasteiger charge is 2.34. The first-order chi connectivity index (χ1) is 12.4. The molecule has 0 aliphatic carbocycles. The molecule has 0 unspecified atom stereocenters. The first kappa shape index (κ1) is 18.6. The predicted molar refractivity (Wildman–Crippen MR) is 104 cm³/mol. The first-order valence-electron chi connectivity index (χ1n) is 8.79. The molecule has 0 spiro atoms. The van der Waals surface area contributed by atoms with Crippen molar-refractivity contribution in [1.29, 1.82) is 0 Å². The molecule has 3 N–H and O–H groups in total. The van der Waals surface area contributed by atoms with Crippen molar-refractivity contribution < 1.29 is 9.59 Å². The van der Waals surface area contributed by atoms with Crippen molar-refractivity contribution in [3.63, 3.8) is 0 Å². The maximum atomic E-state index is 12.8. The molecule has 1 aliphatic rings. The highest BCUT2D eigenvalue weighted by molar-refractivity contribution is 7.22. The minimum atomic E-state index is -0.304. The summed E-state index contributed by atoms with van der Waals surface area (Å²) in [5.74, 6) is -0.00287. The van der Waals surface area contributed by atoms with Gasteiger partial charge in [-0.25, -0.2) is 4.98 Å². The van der Waals surface area contributed by atoms with Gasteiger partial charge in [-0.3, -0.25) is 14.5 Å². The fourth-order valence-corrected chi connectivity index (χ4v) is 4.22. The van der Waals surface area contributed by atoms with Crippen LogP contribution in [0.4, 0.5) is 5.13 Å². The Morgan fingerprint density at radius 3 is 2.85 bits per heavy atom. The third kappa shape index (κ3) is 3.81. The van der Waals surface area contributed by atoms with Crippen LogP contribution in [0.1, 0.15) is 19.4 Å². The highest BCUT2D eigenvalue weighted by atomic mass is 32.1. The number of rotatable bonds is 4. The largest absolute Gasteiger partial charge is 0.375 e. The zero-order chi connectivity index (χ0) is 18.8. The van der Waals surface area contributed by atoms with E-state index in [4.69, 9.17) is 5.73 Å². The Morgan fingerprint density at radius 1 is 1.38 bits per heavy atom. The van der Waals surface area contributed by atoms with Crippen LogP contribution in [-0.4, -0.2) is 65.4 Å². The zero-order valence-electron chi connectivity index (χ0n) is 15.4. The standard InChI is InChI=1S/C18H25N5O2S/c1-11(2)23-7-6-22(10-14(23)17(25)20-3)16(24)9-12-4-5-13-15(8-12)26-18(19)21-13/h4-5,8,11,14H,6-7,9-10H2,1-3H3,(H2,19,21)(H,20,25)/t14-/m1/s1. The number of aromatic nitrogens is 1. The zero-order valence-corrected chi connectivity index (χ0v) is 16.2. The molecule has 1 fully saturated rings. The molecule has 2 aromatic rings. The van der Waals surface area contributed by atoms with E-state index in [9.17, 15) is 9.59 Å². The number of nitrogens with two attached hydrogens (primary N) is 1. The van der Waals surface area contributed by atoms with Gasteiger partial charge in [-0.15, -0.1) is 0 Å². The molecule has 7 nitrogen and oxygen atoms in total. The van der Waals surface area contributed by atoms with Gasteiger partial charge in [0.2, 0.25) is 11.8 Å². The average molecular weight is 375 g/mol. The third-order valence-corrected chi connectivity index (χ3v) is 5.66. The van der Waals surface area contributed by atoms with E-state index in [0.717, 1.165) is 15.8 Å². The van der Waals surface area contributed by atoms with Crippen molar-refractivity contribution in [3.05, 3.63) is 23.8 Å². The van der Waals surface area contributed by atoms with Crippen LogP contribution in [0, 0.1) is 0 Å². The number of hydrogen-bond acceptors (Lipinski definition) is 6. The molecule has 0 saturated carbocycles. The van der Waals surface area contributed by atoms with E-state index in [1.54, 1.807) is 11.9 Å². The van der Waals surface area contributed by atoms with Crippen LogP contribution in [0.25, 0.3) is 10.2 Å². The molecule has 1 saturated heterocycles. The van der Waals surface area contributed by atoms with E-state index in [-0.39, 0.29) is 23.9 Å². The number of fused-ring (bicyclic) bond motifs is 1. The number of benzene rings is 1. The summed E-state index contributed by atoms with van der Waals surface area (Å²) < 4.78 is 0.987. The van der Waals surface area contributed by atoms with Gasteiger partial charge in [0.15, 0.2) is 5.13 Å². The van der Waals surface area contributed by atoms with Crippen LogP contribution >= 0.6 is 11.3 Å². The number of amides is 2. The molecular weight excluding hydrogens is 350 g/mol. The van der Waals surface area contributed by atoms with E-state index in [1.807, 2.05) is 18.2 Å². The summed E-state index contributed by atoms with van der Waals surface area (Å²) in [4.78, 5) is 33.2. The SMILES string of the molecule is CNC(=O)[C@H]1CN(C(=O)Cc2ccc3nc(N)sc3c2)CCN1C(C)C. The molecule has 0 radical (unpaired) electrons. The molecule has 8 heteroatoms. The van der Waals surface area contributed by atoms with Crippen LogP contribution in [0.3, 0.4) is 0 Å². The molecule has 2 heterocycles. The Kier molecular flexibility index (Phi) is 5.43. The maximum Gasteiger partial charge on any atom is 0.238 e. The summed E-state index contributed by atoms with van der Waals surface area (Å²) in [6, 6.07) is 5.74. The van der Waals surface area contributed by atoms with Gasteiger partial charge < -0.3 is 16.0 Å². The maximum absolute atomic E-state index is 12.8.